The molecule has 2 amide bonds. The smallest absolute Gasteiger partial charge is 0.328 e. The van der Waals surface area contributed by atoms with Crippen molar-refractivity contribution in [2.24, 2.45) is 0 Å². The second-order valence-electron chi connectivity index (χ2n) is 12.2. The average molecular weight is 698 g/mol. The Hall–Kier alpha value is -2.54. The number of thiol groups is 1. The van der Waals surface area contributed by atoms with E-state index in [1.165, 1.54) is 0 Å². The maximum atomic E-state index is 11.7. The van der Waals surface area contributed by atoms with Gasteiger partial charge >= 0.3 is 6.03 Å². The van der Waals surface area contributed by atoms with Crippen LogP contribution in [0.15, 0.2) is 40.9 Å². The van der Waals surface area contributed by atoms with Crippen LogP contribution in [0.5, 0.6) is 5.75 Å². The largest absolute Gasteiger partial charge is 0.489 e. The number of amides is 2. The van der Waals surface area contributed by atoms with Gasteiger partial charge in [0.15, 0.2) is 0 Å². The lowest BCUT2D eigenvalue weighted by atomic mass is 9.82. The zero-order valence-electron chi connectivity index (χ0n) is 24.4. The van der Waals surface area contributed by atoms with Crippen LogP contribution in [0.2, 0.25) is 15.1 Å². The molecule has 3 aliphatic rings. The van der Waals surface area contributed by atoms with Crippen molar-refractivity contribution in [2.75, 3.05) is 13.1 Å². The molecule has 3 N–H and O–H groups in total. The highest BCUT2D eigenvalue weighted by Crippen LogP contribution is 2.46. The van der Waals surface area contributed by atoms with Crippen molar-refractivity contribution >= 4 is 51.7 Å². The van der Waals surface area contributed by atoms with Crippen LogP contribution in [-0.4, -0.2) is 54.8 Å². The van der Waals surface area contributed by atoms with Crippen LogP contribution in [0.1, 0.15) is 74.2 Å². The molecule has 1 aliphatic heterocycles. The van der Waals surface area contributed by atoms with Gasteiger partial charge in [0, 0.05) is 42.2 Å². The number of ether oxygens (including phenoxy) is 1. The standard InChI is InChI=1S/C31H35Cl3N4O6S/c32-24-8-3-9-25(33)27(24)28-22(29(44-36-28)18-10-11-18)15-43-21-12-13-23(26(34)14-21)31(40)16-38(17-31)20-6-1-4-19(5-2-7-20)35-30(39)37-45(41)42/h3,8-9,12-14,18-20,40,45H,1-2,4-7,10-11,15-17H2,(H2,35,37,39,41,42). The van der Waals surface area contributed by atoms with Gasteiger partial charge in [-0.2, -0.15) is 0 Å². The summed E-state index contributed by atoms with van der Waals surface area (Å²) in [6, 6.07) is 10.3. The molecule has 45 heavy (non-hydrogen) atoms. The van der Waals surface area contributed by atoms with Gasteiger partial charge in [0.05, 0.1) is 20.6 Å². The van der Waals surface area contributed by atoms with Crippen molar-refractivity contribution < 1.29 is 27.6 Å². The molecule has 14 heteroatoms. The second kappa shape index (κ2) is 13.7. The van der Waals surface area contributed by atoms with Crippen molar-refractivity contribution in [3.8, 4) is 17.0 Å². The van der Waals surface area contributed by atoms with Crippen molar-refractivity contribution in [2.45, 2.75) is 81.6 Å². The van der Waals surface area contributed by atoms with E-state index >= 15 is 0 Å². The van der Waals surface area contributed by atoms with Gasteiger partial charge in [-0.3, -0.25) is 4.90 Å². The molecule has 0 atom stereocenters. The van der Waals surface area contributed by atoms with E-state index in [-0.39, 0.29) is 12.6 Å². The van der Waals surface area contributed by atoms with Crippen LogP contribution in [0, 0.1) is 0 Å². The Morgan fingerprint density at radius 3 is 2.33 bits per heavy atom. The normalized spacial score (nSPS) is 21.9. The highest BCUT2D eigenvalue weighted by molar-refractivity contribution is 7.70. The first-order valence-electron chi connectivity index (χ1n) is 15.1. The third kappa shape index (κ3) is 7.39. The van der Waals surface area contributed by atoms with Gasteiger partial charge in [0.25, 0.3) is 0 Å². The Bertz CT molecular complexity index is 1600. The summed E-state index contributed by atoms with van der Waals surface area (Å²) in [4.78, 5) is 14.0. The number of urea groups is 1. The molecule has 2 aromatic carbocycles. The number of hydrogen-bond donors (Lipinski definition) is 4. The van der Waals surface area contributed by atoms with E-state index in [1.54, 1.807) is 24.3 Å². The van der Waals surface area contributed by atoms with Crippen molar-refractivity contribution in [1.82, 2.24) is 20.1 Å². The van der Waals surface area contributed by atoms with E-state index in [0.29, 0.717) is 62.7 Å². The lowest BCUT2D eigenvalue weighted by molar-refractivity contribution is -0.124. The first-order valence-corrected chi connectivity index (χ1v) is 17.5. The number of carbonyl (C=O) groups excluding carboxylic acids is 1. The van der Waals surface area contributed by atoms with Gasteiger partial charge in [-0.25, -0.2) is 17.9 Å². The minimum atomic E-state index is -2.97. The molecule has 3 aromatic rings. The summed E-state index contributed by atoms with van der Waals surface area (Å²) in [6.45, 7) is 1.15. The van der Waals surface area contributed by atoms with Crippen LogP contribution < -0.4 is 14.8 Å². The fourth-order valence-electron chi connectivity index (χ4n) is 6.52. The maximum Gasteiger partial charge on any atom is 0.328 e. The van der Waals surface area contributed by atoms with Gasteiger partial charge in [0.2, 0.25) is 10.9 Å². The Balaban J connectivity index is 1.06. The van der Waals surface area contributed by atoms with E-state index < -0.39 is 22.5 Å². The number of likely N-dealkylation sites (tertiary alicyclic amines) is 1. The number of hydrogen-bond acceptors (Lipinski definition) is 8. The summed E-state index contributed by atoms with van der Waals surface area (Å²) < 4.78 is 35.2. The number of β-amino-alcohol motifs (C(OH)–C–C–N with tert-alkyl or cyclic N) is 1. The molecule has 0 radical (unpaired) electrons. The summed E-state index contributed by atoms with van der Waals surface area (Å²) in [7, 11) is -2.97. The lowest BCUT2D eigenvalue weighted by Crippen LogP contribution is -2.62. The molecular formula is C31H35Cl3N4O6S. The van der Waals surface area contributed by atoms with Gasteiger partial charge < -0.3 is 19.7 Å². The summed E-state index contributed by atoms with van der Waals surface area (Å²) in [5.41, 5.74) is 1.60. The summed E-state index contributed by atoms with van der Waals surface area (Å²) in [5, 5.41) is 19.9. The number of aliphatic hydroxyl groups is 1. The van der Waals surface area contributed by atoms with Crippen LogP contribution in [-0.2, 0) is 23.1 Å². The predicted octanol–water partition coefficient (Wildman–Crippen LogP) is 6.18. The Labute approximate surface area is 278 Å². The van der Waals surface area contributed by atoms with E-state index in [0.717, 1.165) is 62.7 Å². The van der Waals surface area contributed by atoms with E-state index in [1.807, 2.05) is 16.9 Å². The molecule has 0 unspecified atom stereocenters. The molecule has 2 saturated carbocycles. The zero-order chi connectivity index (χ0) is 31.7. The molecule has 242 valence electrons. The fourth-order valence-corrected chi connectivity index (χ4v) is 7.67. The molecular weight excluding hydrogens is 663 g/mol. The average Bonchev–Trinajstić information content (AvgIpc) is 3.71. The lowest BCUT2D eigenvalue weighted by Gasteiger charge is -2.51. The van der Waals surface area contributed by atoms with Crippen LogP contribution >= 0.6 is 34.8 Å². The van der Waals surface area contributed by atoms with Gasteiger partial charge in [-0.05, 0) is 75.6 Å². The minimum absolute atomic E-state index is 0.0562. The Morgan fingerprint density at radius 2 is 1.71 bits per heavy atom. The Kier molecular flexibility index (Phi) is 9.84. The third-order valence-electron chi connectivity index (χ3n) is 8.94. The maximum absolute atomic E-state index is 11.7. The molecule has 0 bridgehead atoms. The topological polar surface area (TPSA) is 134 Å². The van der Waals surface area contributed by atoms with Gasteiger partial charge in [0.1, 0.15) is 29.4 Å². The number of carbonyl (C=O) groups is 1. The van der Waals surface area contributed by atoms with E-state index in [9.17, 15) is 18.3 Å². The molecule has 0 spiro atoms. The molecule has 6 rings (SSSR count). The monoisotopic (exact) mass is 696 g/mol. The number of benzene rings is 2. The van der Waals surface area contributed by atoms with Crippen molar-refractivity contribution in [1.29, 1.82) is 0 Å². The van der Waals surface area contributed by atoms with E-state index in [2.05, 4.69) is 15.4 Å². The number of nitrogens with zero attached hydrogens (tertiary/aromatic N) is 2. The van der Waals surface area contributed by atoms with Crippen molar-refractivity contribution in [3.05, 3.63) is 68.4 Å². The quantitative estimate of drug-likeness (QED) is 0.195. The van der Waals surface area contributed by atoms with Gasteiger partial charge in [-0.1, -0.05) is 52.1 Å². The SMILES string of the molecule is O=C(NC1CCCC(N2CC(O)(c3ccc(OCc4c(-c5c(Cl)cccc5Cl)noc4C4CC4)cc3Cl)C2)CCC1)N[SH](=O)=O. The highest BCUT2D eigenvalue weighted by atomic mass is 35.5. The highest BCUT2D eigenvalue weighted by Gasteiger charge is 2.46. The first kappa shape index (κ1) is 32.4. The number of rotatable bonds is 9. The van der Waals surface area contributed by atoms with Crippen LogP contribution in [0.3, 0.4) is 0 Å². The summed E-state index contributed by atoms with van der Waals surface area (Å²) >= 11 is 19.7. The zero-order valence-corrected chi connectivity index (χ0v) is 27.6. The van der Waals surface area contributed by atoms with Crippen LogP contribution in [0.4, 0.5) is 4.79 Å². The number of aromatic nitrogens is 1. The fraction of sp³-hybridized carbons (Fsp3) is 0.484. The first-order chi connectivity index (χ1) is 21.6. The molecule has 1 aromatic heterocycles. The van der Waals surface area contributed by atoms with Gasteiger partial charge in [-0.15, -0.1) is 0 Å². The van der Waals surface area contributed by atoms with Crippen molar-refractivity contribution in [3.63, 3.8) is 0 Å². The molecule has 1 saturated heterocycles. The predicted molar refractivity (Wildman–Crippen MR) is 172 cm³/mol. The number of halogens is 3. The summed E-state index contributed by atoms with van der Waals surface area (Å²) in [5.74, 6) is 1.64. The third-order valence-corrected chi connectivity index (χ3v) is 10.3. The molecule has 3 fully saturated rings. The molecule has 10 nitrogen and oxygen atoms in total. The summed E-state index contributed by atoms with van der Waals surface area (Å²) in [6.07, 6.45) is 7.24. The van der Waals surface area contributed by atoms with Crippen LogP contribution in [0.25, 0.3) is 11.3 Å². The minimum Gasteiger partial charge on any atom is -0.489 e. The van der Waals surface area contributed by atoms with E-state index in [4.69, 9.17) is 44.1 Å². The number of nitrogens with one attached hydrogen (secondary N) is 2. The molecule has 2 aliphatic carbocycles. The Morgan fingerprint density at radius 1 is 1.02 bits per heavy atom. The molecule has 2 heterocycles. The second-order valence-corrected chi connectivity index (χ2v) is 14.1.